The van der Waals surface area contributed by atoms with E-state index < -0.39 is 0 Å². The molecule has 0 bridgehead atoms. The topological polar surface area (TPSA) is 72.7 Å². The van der Waals surface area contributed by atoms with E-state index in [2.05, 4.69) is 34.5 Å². The lowest BCUT2D eigenvalue weighted by atomic mass is 10.1. The standard InChI is InChI=1S/C17H18ClN5OS/c1-11(2)7-15-21-22-17(25-15)20-16(24)13-8-19-23(10-13)9-12-5-3-4-6-14(12)18/h3-6,8,10-11H,7,9H2,1-2H3,(H,20,22,24). The van der Waals surface area contributed by atoms with E-state index in [-0.39, 0.29) is 5.91 Å². The van der Waals surface area contributed by atoms with Gasteiger partial charge >= 0.3 is 0 Å². The molecule has 0 atom stereocenters. The number of anilines is 1. The number of benzene rings is 1. The van der Waals surface area contributed by atoms with E-state index >= 15 is 0 Å². The molecule has 6 nitrogen and oxygen atoms in total. The number of aromatic nitrogens is 4. The van der Waals surface area contributed by atoms with Gasteiger partial charge in [-0.15, -0.1) is 10.2 Å². The average molecular weight is 376 g/mol. The lowest BCUT2D eigenvalue weighted by Crippen LogP contribution is -2.11. The summed E-state index contributed by atoms with van der Waals surface area (Å²) in [6.07, 6.45) is 4.07. The van der Waals surface area contributed by atoms with Crippen molar-refractivity contribution in [1.29, 1.82) is 0 Å². The molecule has 0 radical (unpaired) electrons. The predicted molar refractivity (Wildman–Crippen MR) is 99.2 cm³/mol. The van der Waals surface area contributed by atoms with Gasteiger partial charge in [-0.3, -0.25) is 14.8 Å². The molecule has 2 aromatic heterocycles. The zero-order chi connectivity index (χ0) is 17.8. The Morgan fingerprint density at radius 1 is 1.32 bits per heavy atom. The highest BCUT2D eigenvalue weighted by molar-refractivity contribution is 7.15. The fraction of sp³-hybridized carbons (Fsp3) is 0.294. The van der Waals surface area contributed by atoms with Crippen LogP contribution in [0.1, 0.15) is 34.8 Å². The van der Waals surface area contributed by atoms with Crippen LogP contribution in [0.3, 0.4) is 0 Å². The Kier molecular flexibility index (Phi) is 5.45. The van der Waals surface area contributed by atoms with E-state index in [1.807, 2.05) is 24.3 Å². The van der Waals surface area contributed by atoms with Crippen molar-refractivity contribution in [2.75, 3.05) is 5.32 Å². The van der Waals surface area contributed by atoms with Gasteiger partial charge < -0.3 is 0 Å². The van der Waals surface area contributed by atoms with Crippen LogP contribution in [0.2, 0.25) is 5.02 Å². The number of hydrogen-bond acceptors (Lipinski definition) is 5. The maximum atomic E-state index is 12.3. The second-order valence-corrected chi connectivity index (χ2v) is 7.54. The number of carbonyl (C=O) groups is 1. The molecule has 0 fully saturated rings. The molecule has 0 aliphatic rings. The van der Waals surface area contributed by atoms with Crippen molar-refractivity contribution in [2.45, 2.75) is 26.8 Å². The second-order valence-electron chi connectivity index (χ2n) is 6.07. The van der Waals surface area contributed by atoms with Gasteiger partial charge in [0.15, 0.2) is 0 Å². The molecule has 3 rings (SSSR count). The molecule has 8 heteroatoms. The van der Waals surface area contributed by atoms with Crippen molar-refractivity contribution >= 4 is 34.0 Å². The minimum Gasteiger partial charge on any atom is -0.296 e. The number of hydrogen-bond donors (Lipinski definition) is 1. The molecule has 0 aliphatic heterocycles. The summed E-state index contributed by atoms with van der Waals surface area (Å²) in [7, 11) is 0. The van der Waals surface area contributed by atoms with Crippen LogP contribution < -0.4 is 5.32 Å². The summed E-state index contributed by atoms with van der Waals surface area (Å²) in [5.74, 6) is 0.247. The third-order valence-electron chi connectivity index (χ3n) is 3.46. The fourth-order valence-electron chi connectivity index (χ4n) is 2.27. The molecule has 1 amide bonds. The first-order valence-electron chi connectivity index (χ1n) is 7.91. The van der Waals surface area contributed by atoms with Crippen LogP contribution in [0.4, 0.5) is 5.13 Å². The zero-order valence-electron chi connectivity index (χ0n) is 13.9. The van der Waals surface area contributed by atoms with Gasteiger partial charge in [-0.2, -0.15) is 5.10 Å². The molecule has 1 N–H and O–H groups in total. The summed E-state index contributed by atoms with van der Waals surface area (Å²) in [6, 6.07) is 7.56. The maximum absolute atomic E-state index is 12.3. The van der Waals surface area contributed by atoms with Crippen molar-refractivity contribution in [3.8, 4) is 0 Å². The quantitative estimate of drug-likeness (QED) is 0.709. The summed E-state index contributed by atoms with van der Waals surface area (Å²) < 4.78 is 1.68. The van der Waals surface area contributed by atoms with Gasteiger partial charge in [0, 0.05) is 17.6 Å². The van der Waals surface area contributed by atoms with Gasteiger partial charge in [0.25, 0.3) is 5.91 Å². The van der Waals surface area contributed by atoms with E-state index in [4.69, 9.17) is 11.6 Å². The number of nitrogens with one attached hydrogen (secondary N) is 1. The molecule has 0 unspecified atom stereocenters. The van der Waals surface area contributed by atoms with Crippen LogP contribution in [-0.4, -0.2) is 25.9 Å². The van der Waals surface area contributed by atoms with Crippen LogP contribution in [0.15, 0.2) is 36.7 Å². The fourth-order valence-corrected chi connectivity index (χ4v) is 3.42. The van der Waals surface area contributed by atoms with Crippen molar-refractivity contribution in [1.82, 2.24) is 20.0 Å². The lowest BCUT2D eigenvalue weighted by molar-refractivity contribution is 0.102. The first-order chi connectivity index (χ1) is 12.0. The Morgan fingerprint density at radius 2 is 2.12 bits per heavy atom. The molecule has 130 valence electrons. The molecule has 1 aromatic carbocycles. The molecule has 25 heavy (non-hydrogen) atoms. The first kappa shape index (κ1) is 17.6. The monoisotopic (exact) mass is 375 g/mol. The van der Waals surface area contributed by atoms with Gasteiger partial charge in [-0.25, -0.2) is 0 Å². The Labute approximate surface area is 154 Å². The first-order valence-corrected chi connectivity index (χ1v) is 9.10. The molecule has 0 saturated heterocycles. The van der Waals surface area contributed by atoms with Gasteiger partial charge in [-0.1, -0.05) is 55.0 Å². The van der Waals surface area contributed by atoms with Crippen molar-refractivity contribution in [2.24, 2.45) is 5.92 Å². The minimum absolute atomic E-state index is 0.252. The molecular formula is C17H18ClN5OS. The number of amides is 1. The number of nitrogens with zero attached hydrogens (tertiary/aromatic N) is 4. The van der Waals surface area contributed by atoms with E-state index in [1.165, 1.54) is 17.5 Å². The van der Waals surface area contributed by atoms with Gasteiger partial charge in [0.1, 0.15) is 5.01 Å². The highest BCUT2D eigenvalue weighted by Crippen LogP contribution is 2.19. The van der Waals surface area contributed by atoms with E-state index in [1.54, 1.807) is 10.9 Å². The molecule has 0 spiro atoms. The van der Waals surface area contributed by atoms with E-state index in [0.717, 1.165) is 17.0 Å². The summed E-state index contributed by atoms with van der Waals surface area (Å²) in [6.45, 7) is 4.74. The molecule has 0 saturated carbocycles. The highest BCUT2D eigenvalue weighted by atomic mass is 35.5. The van der Waals surface area contributed by atoms with Gasteiger partial charge in [0.05, 0.1) is 18.3 Å². The normalized spacial score (nSPS) is 11.0. The number of halogens is 1. The number of rotatable bonds is 6. The van der Waals surface area contributed by atoms with E-state index in [0.29, 0.717) is 28.2 Å². The van der Waals surface area contributed by atoms with Crippen LogP contribution >= 0.6 is 22.9 Å². The summed E-state index contributed by atoms with van der Waals surface area (Å²) in [5, 5.41) is 17.2. The molecule has 0 aliphatic carbocycles. The second kappa shape index (κ2) is 7.76. The molecule has 2 heterocycles. The number of carbonyl (C=O) groups excluding carboxylic acids is 1. The SMILES string of the molecule is CC(C)Cc1nnc(NC(=O)c2cnn(Cc3ccccc3Cl)c2)s1. The predicted octanol–water partition coefficient (Wildman–Crippen LogP) is 3.89. The smallest absolute Gasteiger partial charge is 0.260 e. The Balaban J connectivity index is 1.64. The van der Waals surface area contributed by atoms with Crippen LogP contribution in [-0.2, 0) is 13.0 Å². The third kappa shape index (κ3) is 4.64. The zero-order valence-corrected chi connectivity index (χ0v) is 15.5. The highest BCUT2D eigenvalue weighted by Gasteiger charge is 2.13. The Hall–Kier alpha value is -2.25. The maximum Gasteiger partial charge on any atom is 0.260 e. The van der Waals surface area contributed by atoms with Gasteiger partial charge in [0.2, 0.25) is 5.13 Å². The van der Waals surface area contributed by atoms with E-state index in [9.17, 15) is 4.79 Å². The van der Waals surface area contributed by atoms with Crippen LogP contribution in [0.5, 0.6) is 0 Å². The summed E-state index contributed by atoms with van der Waals surface area (Å²) in [4.78, 5) is 12.3. The average Bonchev–Trinajstić information content (AvgIpc) is 3.19. The largest absolute Gasteiger partial charge is 0.296 e. The summed E-state index contributed by atoms with van der Waals surface area (Å²) in [5.41, 5.74) is 1.41. The summed E-state index contributed by atoms with van der Waals surface area (Å²) >= 11 is 7.55. The lowest BCUT2D eigenvalue weighted by Gasteiger charge is -2.03. The molecule has 3 aromatic rings. The van der Waals surface area contributed by atoms with Crippen molar-refractivity contribution < 1.29 is 4.79 Å². The van der Waals surface area contributed by atoms with Crippen molar-refractivity contribution in [3.05, 3.63) is 57.8 Å². The third-order valence-corrected chi connectivity index (χ3v) is 4.69. The molecular weight excluding hydrogens is 358 g/mol. The van der Waals surface area contributed by atoms with Crippen LogP contribution in [0, 0.1) is 5.92 Å². The Morgan fingerprint density at radius 3 is 2.88 bits per heavy atom. The van der Waals surface area contributed by atoms with Gasteiger partial charge in [-0.05, 0) is 17.5 Å². The minimum atomic E-state index is -0.252. The van der Waals surface area contributed by atoms with Crippen molar-refractivity contribution in [3.63, 3.8) is 0 Å². The Bertz CT molecular complexity index is 873. The van der Waals surface area contributed by atoms with Crippen LogP contribution in [0.25, 0.3) is 0 Å².